The first-order chi connectivity index (χ1) is 8.41. The molecule has 0 heterocycles. The normalized spacial score (nSPS) is 13.6. The summed E-state index contributed by atoms with van der Waals surface area (Å²) in [5.41, 5.74) is 7.39. The van der Waals surface area contributed by atoms with Gasteiger partial charge in [0.2, 0.25) is 0 Å². The number of nitrogen functional groups attached to an aromatic ring is 1. The molecule has 0 fully saturated rings. The minimum absolute atomic E-state index is 0.423. The van der Waals surface area contributed by atoms with Crippen LogP contribution in [0.4, 0.5) is 5.69 Å². The monoisotopic (exact) mass is 250 g/mol. The third-order valence-electron chi connectivity index (χ3n) is 3.09. The standard InChI is InChI=1S/C15H26N2O/c1-11(2)9-17(12(3)4)10-15(18)13-7-5-6-8-14(13)16/h5-8,11-12,15,18H,9-10,16H2,1-4H3. The maximum Gasteiger partial charge on any atom is 0.0936 e. The van der Waals surface area contributed by atoms with Crippen molar-refractivity contribution in [2.45, 2.75) is 39.8 Å². The van der Waals surface area contributed by atoms with Crippen molar-refractivity contribution in [3.8, 4) is 0 Å². The number of aliphatic hydroxyl groups excluding tert-OH is 1. The van der Waals surface area contributed by atoms with E-state index in [2.05, 4.69) is 32.6 Å². The number of aliphatic hydroxyl groups is 1. The van der Waals surface area contributed by atoms with Gasteiger partial charge in [-0.05, 0) is 25.8 Å². The summed E-state index contributed by atoms with van der Waals surface area (Å²) in [6.07, 6.45) is -0.521. The zero-order valence-electron chi connectivity index (χ0n) is 11.9. The van der Waals surface area contributed by atoms with E-state index in [4.69, 9.17) is 5.73 Å². The van der Waals surface area contributed by atoms with E-state index in [0.717, 1.165) is 12.1 Å². The van der Waals surface area contributed by atoms with Crippen molar-refractivity contribution in [2.24, 2.45) is 5.92 Å². The molecule has 0 saturated carbocycles. The Kier molecular flexibility index (Phi) is 5.63. The Balaban J connectivity index is 2.72. The molecule has 0 bridgehead atoms. The third-order valence-corrected chi connectivity index (χ3v) is 3.09. The smallest absolute Gasteiger partial charge is 0.0936 e. The SMILES string of the molecule is CC(C)CN(CC(O)c1ccccc1N)C(C)C. The fourth-order valence-electron chi connectivity index (χ4n) is 2.10. The van der Waals surface area contributed by atoms with E-state index in [0.29, 0.717) is 24.2 Å². The van der Waals surface area contributed by atoms with Crippen molar-refractivity contribution in [1.29, 1.82) is 0 Å². The molecule has 0 aromatic heterocycles. The van der Waals surface area contributed by atoms with E-state index in [1.54, 1.807) is 0 Å². The molecule has 18 heavy (non-hydrogen) atoms. The first-order valence-corrected chi connectivity index (χ1v) is 6.68. The minimum atomic E-state index is -0.521. The van der Waals surface area contributed by atoms with Crippen LogP contribution in [0, 0.1) is 5.92 Å². The maximum absolute atomic E-state index is 10.3. The predicted molar refractivity (Wildman–Crippen MR) is 77.4 cm³/mol. The van der Waals surface area contributed by atoms with E-state index >= 15 is 0 Å². The molecule has 0 aliphatic heterocycles. The molecule has 0 aliphatic rings. The molecule has 0 amide bonds. The number of para-hydroxylation sites is 1. The highest BCUT2D eigenvalue weighted by atomic mass is 16.3. The highest BCUT2D eigenvalue weighted by Gasteiger charge is 2.18. The number of benzene rings is 1. The zero-order chi connectivity index (χ0) is 13.7. The van der Waals surface area contributed by atoms with Crippen LogP contribution in [0.1, 0.15) is 39.4 Å². The summed E-state index contributed by atoms with van der Waals surface area (Å²) in [6.45, 7) is 10.3. The van der Waals surface area contributed by atoms with E-state index in [1.165, 1.54) is 0 Å². The van der Waals surface area contributed by atoms with Gasteiger partial charge in [0.05, 0.1) is 6.10 Å². The van der Waals surface area contributed by atoms with Gasteiger partial charge in [-0.25, -0.2) is 0 Å². The molecule has 102 valence electrons. The Bertz CT molecular complexity index is 363. The summed E-state index contributed by atoms with van der Waals surface area (Å²) in [5, 5.41) is 10.3. The van der Waals surface area contributed by atoms with Gasteiger partial charge < -0.3 is 10.8 Å². The van der Waals surface area contributed by atoms with E-state index in [1.807, 2.05) is 24.3 Å². The molecule has 1 rings (SSSR count). The lowest BCUT2D eigenvalue weighted by Crippen LogP contribution is -2.37. The average Bonchev–Trinajstić information content (AvgIpc) is 2.27. The first kappa shape index (κ1) is 15.0. The molecule has 1 unspecified atom stereocenters. The molecule has 3 N–H and O–H groups in total. The second kappa shape index (κ2) is 6.76. The summed E-state index contributed by atoms with van der Waals surface area (Å²) in [4.78, 5) is 2.29. The lowest BCUT2D eigenvalue weighted by molar-refractivity contribution is 0.0882. The van der Waals surface area contributed by atoms with Crippen LogP contribution in [-0.4, -0.2) is 29.1 Å². The fraction of sp³-hybridized carbons (Fsp3) is 0.600. The molecule has 0 radical (unpaired) electrons. The summed E-state index contributed by atoms with van der Waals surface area (Å²) >= 11 is 0. The predicted octanol–water partition coefficient (Wildman–Crippen LogP) is 2.67. The number of anilines is 1. The lowest BCUT2D eigenvalue weighted by Gasteiger charge is -2.30. The maximum atomic E-state index is 10.3. The van der Waals surface area contributed by atoms with Gasteiger partial charge in [-0.3, -0.25) is 4.90 Å². The average molecular weight is 250 g/mol. The summed E-state index contributed by atoms with van der Waals surface area (Å²) < 4.78 is 0. The van der Waals surface area contributed by atoms with Crippen LogP contribution >= 0.6 is 0 Å². The molecule has 3 nitrogen and oxygen atoms in total. The van der Waals surface area contributed by atoms with Crippen LogP contribution in [-0.2, 0) is 0 Å². The van der Waals surface area contributed by atoms with Gasteiger partial charge in [0.15, 0.2) is 0 Å². The molecular formula is C15H26N2O. The number of nitrogens with zero attached hydrogens (tertiary/aromatic N) is 1. The molecule has 0 saturated heterocycles. The fourth-order valence-corrected chi connectivity index (χ4v) is 2.10. The van der Waals surface area contributed by atoms with Crippen molar-refractivity contribution in [3.05, 3.63) is 29.8 Å². The minimum Gasteiger partial charge on any atom is -0.398 e. The van der Waals surface area contributed by atoms with Crippen molar-refractivity contribution < 1.29 is 5.11 Å². The van der Waals surface area contributed by atoms with Crippen molar-refractivity contribution in [2.75, 3.05) is 18.8 Å². The Hall–Kier alpha value is -1.06. The Morgan fingerprint density at radius 1 is 1.11 bits per heavy atom. The zero-order valence-corrected chi connectivity index (χ0v) is 11.9. The Labute approximate surface area is 111 Å². The van der Waals surface area contributed by atoms with Crippen LogP contribution in [0.3, 0.4) is 0 Å². The highest BCUT2D eigenvalue weighted by molar-refractivity contribution is 5.47. The molecule has 1 aromatic rings. The first-order valence-electron chi connectivity index (χ1n) is 6.68. The van der Waals surface area contributed by atoms with Gasteiger partial charge in [-0.1, -0.05) is 32.0 Å². The van der Waals surface area contributed by atoms with Crippen LogP contribution in [0.25, 0.3) is 0 Å². The molecule has 0 spiro atoms. The number of hydrogen-bond acceptors (Lipinski definition) is 3. The number of nitrogens with two attached hydrogens (primary N) is 1. The van der Waals surface area contributed by atoms with Crippen LogP contribution in [0.15, 0.2) is 24.3 Å². The number of rotatable bonds is 6. The Morgan fingerprint density at radius 2 is 1.72 bits per heavy atom. The van der Waals surface area contributed by atoms with Gasteiger partial charge >= 0.3 is 0 Å². The molecule has 1 atom stereocenters. The van der Waals surface area contributed by atoms with Crippen LogP contribution < -0.4 is 5.73 Å². The molecule has 0 aliphatic carbocycles. The molecule has 3 heteroatoms. The summed E-state index contributed by atoms with van der Waals surface area (Å²) in [7, 11) is 0. The van der Waals surface area contributed by atoms with Gasteiger partial charge in [-0.15, -0.1) is 0 Å². The molecule has 1 aromatic carbocycles. The molecular weight excluding hydrogens is 224 g/mol. The number of hydrogen-bond donors (Lipinski definition) is 2. The second-order valence-corrected chi connectivity index (χ2v) is 5.59. The topological polar surface area (TPSA) is 49.5 Å². The highest BCUT2D eigenvalue weighted by Crippen LogP contribution is 2.21. The van der Waals surface area contributed by atoms with E-state index in [9.17, 15) is 5.11 Å². The van der Waals surface area contributed by atoms with E-state index in [-0.39, 0.29) is 0 Å². The van der Waals surface area contributed by atoms with Gasteiger partial charge in [0, 0.05) is 30.4 Å². The quantitative estimate of drug-likeness (QED) is 0.763. The van der Waals surface area contributed by atoms with Crippen molar-refractivity contribution in [3.63, 3.8) is 0 Å². The van der Waals surface area contributed by atoms with Crippen molar-refractivity contribution in [1.82, 2.24) is 4.90 Å². The van der Waals surface area contributed by atoms with Gasteiger partial charge in [-0.2, -0.15) is 0 Å². The van der Waals surface area contributed by atoms with Gasteiger partial charge in [0.25, 0.3) is 0 Å². The largest absolute Gasteiger partial charge is 0.398 e. The summed E-state index contributed by atoms with van der Waals surface area (Å²) in [6, 6.07) is 7.96. The van der Waals surface area contributed by atoms with Crippen LogP contribution in [0.5, 0.6) is 0 Å². The third kappa shape index (κ3) is 4.31. The van der Waals surface area contributed by atoms with Crippen LogP contribution in [0.2, 0.25) is 0 Å². The lowest BCUT2D eigenvalue weighted by atomic mass is 10.1. The Morgan fingerprint density at radius 3 is 2.22 bits per heavy atom. The van der Waals surface area contributed by atoms with Crippen molar-refractivity contribution >= 4 is 5.69 Å². The van der Waals surface area contributed by atoms with Gasteiger partial charge in [0.1, 0.15) is 0 Å². The van der Waals surface area contributed by atoms with E-state index < -0.39 is 6.10 Å². The second-order valence-electron chi connectivity index (χ2n) is 5.59. The summed E-state index contributed by atoms with van der Waals surface area (Å²) in [5.74, 6) is 0.590.